The lowest BCUT2D eigenvalue weighted by atomic mass is 10.1. The lowest BCUT2D eigenvalue weighted by molar-refractivity contribution is -0.185. The first-order valence-electron chi connectivity index (χ1n) is 8.17. The maximum atomic E-state index is 12.4. The third-order valence-corrected chi connectivity index (χ3v) is 4.30. The molecule has 2 saturated heterocycles. The van der Waals surface area contributed by atoms with E-state index in [0.717, 1.165) is 57.8 Å². The number of hydrogen-bond acceptors (Lipinski definition) is 6. The Morgan fingerprint density at radius 2 is 2.13 bits per heavy atom. The predicted molar refractivity (Wildman–Crippen MR) is 84.7 cm³/mol. The van der Waals surface area contributed by atoms with Crippen molar-refractivity contribution in [3.8, 4) is 0 Å². The van der Waals surface area contributed by atoms with Crippen molar-refractivity contribution in [2.24, 2.45) is 0 Å². The number of methoxy groups -OCH3 is 1. The van der Waals surface area contributed by atoms with E-state index in [1.54, 1.807) is 18.2 Å². The van der Waals surface area contributed by atoms with Crippen LogP contribution in [0.2, 0.25) is 0 Å². The van der Waals surface area contributed by atoms with Crippen molar-refractivity contribution in [2.45, 2.75) is 25.6 Å². The molecule has 1 unspecified atom stereocenters. The molecule has 2 fully saturated rings. The molecule has 6 heteroatoms. The molecule has 0 bridgehead atoms. The van der Waals surface area contributed by atoms with Gasteiger partial charge in [0.25, 0.3) is 0 Å². The van der Waals surface area contributed by atoms with Gasteiger partial charge in [-0.3, -0.25) is 4.90 Å². The zero-order chi connectivity index (χ0) is 16.1. The molecule has 3 rings (SSSR count). The first-order valence-corrected chi connectivity index (χ1v) is 8.17. The van der Waals surface area contributed by atoms with Crippen LogP contribution in [-0.4, -0.2) is 62.1 Å². The molecule has 0 radical (unpaired) electrons. The largest absolute Gasteiger partial charge is 0.379 e. The van der Waals surface area contributed by atoms with Gasteiger partial charge in [-0.2, -0.15) is 0 Å². The molecule has 126 valence electrons. The van der Waals surface area contributed by atoms with Crippen molar-refractivity contribution in [3.63, 3.8) is 0 Å². The normalized spacial score (nSPS) is 23.1. The molecule has 0 N–H and O–H groups in total. The minimum atomic E-state index is -0.322. The minimum absolute atomic E-state index is 0.129. The fraction of sp³-hybridized carbons (Fsp3) is 0.588. The molecule has 0 amide bonds. The van der Waals surface area contributed by atoms with Gasteiger partial charge >= 0.3 is 5.97 Å². The molecule has 0 spiro atoms. The number of carbonyl (C=O) groups is 1. The van der Waals surface area contributed by atoms with Crippen LogP contribution in [0.25, 0.3) is 0 Å². The molecule has 2 heterocycles. The summed E-state index contributed by atoms with van der Waals surface area (Å²) in [6.45, 7) is 4.95. The van der Waals surface area contributed by atoms with Gasteiger partial charge < -0.3 is 14.3 Å². The van der Waals surface area contributed by atoms with Crippen molar-refractivity contribution in [3.05, 3.63) is 35.4 Å². The number of hydroxylamine groups is 2. The zero-order valence-electron chi connectivity index (χ0n) is 13.6. The van der Waals surface area contributed by atoms with Crippen LogP contribution in [0.4, 0.5) is 0 Å². The number of hydrogen-bond donors (Lipinski definition) is 0. The van der Waals surface area contributed by atoms with E-state index in [1.807, 2.05) is 18.2 Å². The maximum absolute atomic E-state index is 12.4. The Morgan fingerprint density at radius 3 is 2.91 bits per heavy atom. The third kappa shape index (κ3) is 4.29. The molecule has 0 aromatic heterocycles. The van der Waals surface area contributed by atoms with E-state index >= 15 is 0 Å². The van der Waals surface area contributed by atoms with Crippen molar-refractivity contribution in [1.29, 1.82) is 0 Å². The highest BCUT2D eigenvalue weighted by Crippen LogP contribution is 2.19. The number of carbonyl (C=O) groups excluding carboxylic acids is 1. The summed E-state index contributed by atoms with van der Waals surface area (Å²) in [6.07, 6.45) is 1.74. The Balaban J connectivity index is 1.60. The van der Waals surface area contributed by atoms with Crippen LogP contribution >= 0.6 is 0 Å². The highest BCUT2D eigenvalue weighted by molar-refractivity contribution is 5.89. The average Bonchev–Trinajstić information content (AvgIpc) is 3.03. The Bertz CT molecular complexity index is 531. The van der Waals surface area contributed by atoms with E-state index in [1.165, 1.54) is 0 Å². The third-order valence-electron chi connectivity index (χ3n) is 4.30. The second-order valence-electron chi connectivity index (χ2n) is 5.94. The van der Waals surface area contributed by atoms with Gasteiger partial charge in [-0.25, -0.2) is 4.79 Å². The minimum Gasteiger partial charge on any atom is -0.379 e. The molecule has 0 aliphatic carbocycles. The fourth-order valence-electron chi connectivity index (χ4n) is 3.02. The van der Waals surface area contributed by atoms with Crippen molar-refractivity contribution in [2.75, 3.05) is 40.0 Å². The first kappa shape index (κ1) is 16.4. The molecular weight excluding hydrogens is 296 g/mol. The van der Waals surface area contributed by atoms with E-state index in [9.17, 15) is 4.79 Å². The lowest BCUT2D eigenvalue weighted by Gasteiger charge is -2.26. The Morgan fingerprint density at radius 1 is 1.30 bits per heavy atom. The monoisotopic (exact) mass is 320 g/mol. The van der Waals surface area contributed by atoms with E-state index in [2.05, 4.69) is 4.90 Å². The summed E-state index contributed by atoms with van der Waals surface area (Å²) in [5, 5.41) is 1.64. The van der Waals surface area contributed by atoms with Gasteiger partial charge in [0.1, 0.15) is 6.23 Å². The van der Waals surface area contributed by atoms with Crippen LogP contribution in [-0.2, 0) is 20.9 Å². The molecular formula is C17H24N2O4. The SMILES string of the molecule is COC1CCCN1OC(=O)c1cccc(CN2CCOCC2)c1. The molecule has 23 heavy (non-hydrogen) atoms. The Labute approximate surface area is 136 Å². The van der Waals surface area contributed by atoms with Gasteiger partial charge in [0.15, 0.2) is 0 Å². The zero-order valence-corrected chi connectivity index (χ0v) is 13.6. The van der Waals surface area contributed by atoms with E-state index < -0.39 is 0 Å². The number of morpholine rings is 1. The summed E-state index contributed by atoms with van der Waals surface area (Å²) in [7, 11) is 1.64. The van der Waals surface area contributed by atoms with Crippen LogP contribution < -0.4 is 0 Å². The summed E-state index contributed by atoms with van der Waals surface area (Å²) in [5.74, 6) is -0.322. The van der Waals surface area contributed by atoms with Crippen LogP contribution in [0, 0.1) is 0 Å². The number of rotatable bonds is 5. The maximum Gasteiger partial charge on any atom is 0.357 e. The van der Waals surface area contributed by atoms with Gasteiger partial charge in [0.05, 0.1) is 18.8 Å². The number of ether oxygens (including phenoxy) is 2. The lowest BCUT2D eigenvalue weighted by Crippen LogP contribution is -2.35. The standard InChI is InChI=1S/C17H24N2O4/c1-21-16-6-3-7-19(16)23-17(20)15-5-2-4-14(12-15)13-18-8-10-22-11-9-18/h2,4-5,12,16H,3,6-11,13H2,1H3. The van der Waals surface area contributed by atoms with Crippen molar-refractivity contribution >= 4 is 5.97 Å². The van der Waals surface area contributed by atoms with Gasteiger partial charge in [-0.05, 0) is 30.5 Å². The highest BCUT2D eigenvalue weighted by atomic mass is 16.7. The van der Waals surface area contributed by atoms with Gasteiger partial charge in [-0.15, -0.1) is 5.06 Å². The first-order chi connectivity index (χ1) is 11.3. The average molecular weight is 320 g/mol. The topological polar surface area (TPSA) is 51.2 Å². The second kappa shape index (κ2) is 7.88. The van der Waals surface area contributed by atoms with Gasteiger partial charge in [0.2, 0.25) is 0 Å². The molecule has 1 atom stereocenters. The molecule has 1 aromatic carbocycles. The van der Waals surface area contributed by atoms with E-state index in [4.69, 9.17) is 14.3 Å². The summed E-state index contributed by atoms with van der Waals surface area (Å²) in [6, 6.07) is 7.66. The van der Waals surface area contributed by atoms with E-state index in [-0.39, 0.29) is 12.2 Å². The van der Waals surface area contributed by atoms with Crippen molar-refractivity contribution in [1.82, 2.24) is 9.96 Å². The van der Waals surface area contributed by atoms with Crippen molar-refractivity contribution < 1.29 is 19.1 Å². The molecule has 2 aliphatic heterocycles. The summed E-state index contributed by atoms with van der Waals surface area (Å²) in [4.78, 5) is 20.2. The molecule has 6 nitrogen and oxygen atoms in total. The molecule has 1 aromatic rings. The van der Waals surface area contributed by atoms with Crippen LogP contribution in [0.3, 0.4) is 0 Å². The number of benzene rings is 1. The smallest absolute Gasteiger partial charge is 0.357 e. The molecule has 2 aliphatic rings. The summed E-state index contributed by atoms with van der Waals surface area (Å²) >= 11 is 0. The predicted octanol–water partition coefficient (Wildman–Crippen LogP) is 1.66. The Kier molecular flexibility index (Phi) is 5.61. The summed E-state index contributed by atoms with van der Waals surface area (Å²) in [5.41, 5.74) is 1.70. The van der Waals surface area contributed by atoms with Crippen LogP contribution in [0.5, 0.6) is 0 Å². The summed E-state index contributed by atoms with van der Waals surface area (Å²) < 4.78 is 10.7. The fourth-order valence-corrected chi connectivity index (χ4v) is 3.02. The van der Waals surface area contributed by atoms with E-state index in [0.29, 0.717) is 5.56 Å². The Hall–Kier alpha value is -1.47. The highest BCUT2D eigenvalue weighted by Gasteiger charge is 2.28. The van der Waals surface area contributed by atoms with Crippen LogP contribution in [0.1, 0.15) is 28.8 Å². The van der Waals surface area contributed by atoms with Gasteiger partial charge in [-0.1, -0.05) is 12.1 Å². The van der Waals surface area contributed by atoms with Gasteiger partial charge in [0, 0.05) is 33.3 Å². The number of nitrogens with zero attached hydrogens (tertiary/aromatic N) is 2. The second-order valence-corrected chi connectivity index (χ2v) is 5.94. The van der Waals surface area contributed by atoms with Crippen LogP contribution in [0.15, 0.2) is 24.3 Å². The molecule has 0 saturated carbocycles. The quantitative estimate of drug-likeness (QED) is 0.822.